The molecule has 4 rings (SSSR count). The first-order valence-electron chi connectivity index (χ1n) is 7.11. The van der Waals surface area contributed by atoms with E-state index in [-0.39, 0.29) is 0 Å². The summed E-state index contributed by atoms with van der Waals surface area (Å²) in [6, 6.07) is 10.8. The van der Waals surface area contributed by atoms with Gasteiger partial charge in [-0.1, -0.05) is 12.1 Å². The first kappa shape index (κ1) is 11.6. The Labute approximate surface area is 119 Å². The molecule has 102 valence electrons. The van der Waals surface area contributed by atoms with Crippen LogP contribution in [0.2, 0.25) is 0 Å². The van der Waals surface area contributed by atoms with Gasteiger partial charge in [0, 0.05) is 30.2 Å². The molecule has 2 aromatic rings. The maximum atomic E-state index is 6.08. The van der Waals surface area contributed by atoms with E-state index in [2.05, 4.69) is 47.9 Å². The Kier molecular flexibility index (Phi) is 2.28. The van der Waals surface area contributed by atoms with E-state index in [0.717, 1.165) is 25.4 Å². The van der Waals surface area contributed by atoms with E-state index < -0.39 is 0 Å². The Hall–Kier alpha value is -2.16. The number of nitrogen functional groups attached to an aromatic ring is 1. The van der Waals surface area contributed by atoms with Crippen LogP contribution in [0, 0.1) is 13.8 Å². The molecule has 3 nitrogen and oxygen atoms in total. The highest BCUT2D eigenvalue weighted by Crippen LogP contribution is 2.40. The molecule has 0 fully saturated rings. The largest absolute Gasteiger partial charge is 0.399 e. The Morgan fingerprint density at radius 2 is 1.60 bits per heavy atom. The van der Waals surface area contributed by atoms with Crippen LogP contribution in [0.1, 0.15) is 22.3 Å². The van der Waals surface area contributed by atoms with Crippen LogP contribution in [0.15, 0.2) is 30.3 Å². The molecule has 0 atom stereocenters. The summed E-state index contributed by atoms with van der Waals surface area (Å²) in [6.07, 6.45) is 0. The normalized spacial score (nSPS) is 15.9. The minimum Gasteiger partial charge on any atom is -0.399 e. The lowest BCUT2D eigenvalue weighted by Gasteiger charge is -2.45. The molecule has 2 bridgehead atoms. The second-order valence-electron chi connectivity index (χ2n) is 5.89. The molecule has 0 radical (unpaired) electrons. The monoisotopic (exact) mass is 265 g/mol. The Balaban J connectivity index is 1.88. The lowest BCUT2D eigenvalue weighted by molar-refractivity contribution is 0.647. The van der Waals surface area contributed by atoms with Crippen molar-refractivity contribution in [2.24, 2.45) is 0 Å². The van der Waals surface area contributed by atoms with Crippen LogP contribution in [0.3, 0.4) is 0 Å². The molecule has 2 aliphatic rings. The molecule has 3 heteroatoms. The quantitative estimate of drug-likeness (QED) is 0.743. The van der Waals surface area contributed by atoms with E-state index in [9.17, 15) is 0 Å². The average Bonchev–Trinajstić information content (AvgIpc) is 2.45. The topological polar surface area (TPSA) is 32.5 Å². The molecule has 0 aliphatic carbocycles. The van der Waals surface area contributed by atoms with Gasteiger partial charge in [0.2, 0.25) is 0 Å². The molecular formula is C17H19N3. The number of nitrogens with two attached hydrogens (primary N) is 1. The molecule has 0 unspecified atom stereocenters. The number of rotatable bonds is 0. The lowest BCUT2D eigenvalue weighted by atomic mass is 9.96. The van der Waals surface area contributed by atoms with Crippen LogP contribution in [0.5, 0.6) is 0 Å². The third-order valence-electron chi connectivity index (χ3n) is 4.72. The van der Waals surface area contributed by atoms with Crippen molar-refractivity contribution in [2.45, 2.75) is 26.9 Å². The van der Waals surface area contributed by atoms with Gasteiger partial charge in [-0.2, -0.15) is 0 Å². The van der Waals surface area contributed by atoms with Crippen molar-refractivity contribution in [1.29, 1.82) is 0 Å². The molecule has 0 spiro atoms. The van der Waals surface area contributed by atoms with Gasteiger partial charge in [0.05, 0.1) is 6.67 Å². The number of hydrogen-bond donors (Lipinski definition) is 1. The molecular weight excluding hydrogens is 246 g/mol. The fraction of sp³-hybridized carbons (Fsp3) is 0.294. The maximum Gasteiger partial charge on any atom is 0.0910 e. The van der Waals surface area contributed by atoms with Gasteiger partial charge in [0.15, 0.2) is 0 Å². The maximum absolute atomic E-state index is 6.08. The van der Waals surface area contributed by atoms with Crippen molar-refractivity contribution in [3.8, 4) is 0 Å². The summed E-state index contributed by atoms with van der Waals surface area (Å²) in [5.74, 6) is 0. The second-order valence-corrected chi connectivity index (χ2v) is 5.89. The number of aryl methyl sites for hydroxylation is 1. The van der Waals surface area contributed by atoms with Gasteiger partial charge in [0.25, 0.3) is 0 Å². The fourth-order valence-electron chi connectivity index (χ4n) is 3.46. The zero-order valence-corrected chi connectivity index (χ0v) is 12.0. The van der Waals surface area contributed by atoms with Crippen LogP contribution in [-0.2, 0) is 13.1 Å². The van der Waals surface area contributed by atoms with E-state index >= 15 is 0 Å². The van der Waals surface area contributed by atoms with Crippen molar-refractivity contribution >= 4 is 17.1 Å². The summed E-state index contributed by atoms with van der Waals surface area (Å²) in [5.41, 5.74) is 15.2. The number of benzene rings is 2. The summed E-state index contributed by atoms with van der Waals surface area (Å²) in [7, 11) is 0. The van der Waals surface area contributed by atoms with E-state index in [1.54, 1.807) is 0 Å². The SMILES string of the molecule is Cc1cccc2c1CN1CN2Cc2c1ccc(N)c2C. The average molecular weight is 265 g/mol. The van der Waals surface area contributed by atoms with Gasteiger partial charge in [-0.3, -0.25) is 0 Å². The van der Waals surface area contributed by atoms with Crippen LogP contribution in [-0.4, -0.2) is 6.67 Å². The Morgan fingerprint density at radius 3 is 2.40 bits per heavy atom. The van der Waals surface area contributed by atoms with Crippen molar-refractivity contribution in [3.63, 3.8) is 0 Å². The number of nitrogens with zero attached hydrogens (tertiary/aromatic N) is 2. The van der Waals surface area contributed by atoms with Crippen LogP contribution < -0.4 is 15.5 Å². The molecule has 2 aliphatic heterocycles. The highest BCUT2D eigenvalue weighted by molar-refractivity contribution is 5.72. The standard InChI is InChI=1S/C17H19N3/c1-11-4-3-5-16-13(11)8-19-10-20(16)9-14-12(2)15(18)6-7-17(14)19/h3-7H,8-10,18H2,1-2H3. The van der Waals surface area contributed by atoms with Gasteiger partial charge >= 0.3 is 0 Å². The molecule has 2 N–H and O–H groups in total. The highest BCUT2D eigenvalue weighted by Gasteiger charge is 2.30. The first-order valence-corrected chi connectivity index (χ1v) is 7.11. The Morgan fingerprint density at radius 1 is 0.900 bits per heavy atom. The minimum atomic E-state index is 0.899. The van der Waals surface area contributed by atoms with Crippen molar-refractivity contribution in [3.05, 3.63) is 52.6 Å². The fourth-order valence-corrected chi connectivity index (χ4v) is 3.46. The number of anilines is 3. The molecule has 0 saturated carbocycles. The zero-order chi connectivity index (χ0) is 13.9. The smallest absolute Gasteiger partial charge is 0.0910 e. The predicted octanol–water partition coefficient (Wildman–Crippen LogP) is 3.18. The molecule has 2 heterocycles. The predicted molar refractivity (Wildman–Crippen MR) is 84.0 cm³/mol. The van der Waals surface area contributed by atoms with E-state index in [4.69, 9.17) is 5.73 Å². The summed E-state index contributed by atoms with van der Waals surface area (Å²) in [6.45, 7) is 7.27. The van der Waals surface area contributed by atoms with E-state index in [1.807, 2.05) is 6.07 Å². The summed E-state index contributed by atoms with van der Waals surface area (Å²) < 4.78 is 0. The first-order chi connectivity index (χ1) is 9.65. The van der Waals surface area contributed by atoms with Crippen LogP contribution >= 0.6 is 0 Å². The van der Waals surface area contributed by atoms with Gasteiger partial charge in [-0.05, 0) is 54.3 Å². The Bertz CT molecular complexity index is 706. The molecule has 0 aromatic heterocycles. The second kappa shape index (κ2) is 3.92. The van der Waals surface area contributed by atoms with Gasteiger partial charge < -0.3 is 15.5 Å². The van der Waals surface area contributed by atoms with Crippen molar-refractivity contribution in [1.82, 2.24) is 0 Å². The summed E-state index contributed by atoms with van der Waals surface area (Å²) in [4.78, 5) is 4.92. The molecule has 0 amide bonds. The molecule has 20 heavy (non-hydrogen) atoms. The lowest BCUT2D eigenvalue weighted by Crippen LogP contribution is -2.46. The minimum absolute atomic E-state index is 0.899. The van der Waals surface area contributed by atoms with E-state index in [1.165, 1.54) is 33.6 Å². The third-order valence-corrected chi connectivity index (χ3v) is 4.72. The summed E-state index contributed by atoms with van der Waals surface area (Å²) in [5, 5.41) is 0. The highest BCUT2D eigenvalue weighted by atomic mass is 15.4. The van der Waals surface area contributed by atoms with E-state index in [0.29, 0.717) is 0 Å². The van der Waals surface area contributed by atoms with Gasteiger partial charge in [0.1, 0.15) is 0 Å². The van der Waals surface area contributed by atoms with Gasteiger partial charge in [-0.25, -0.2) is 0 Å². The van der Waals surface area contributed by atoms with Crippen molar-refractivity contribution in [2.75, 3.05) is 22.2 Å². The zero-order valence-electron chi connectivity index (χ0n) is 12.0. The number of hydrogen-bond acceptors (Lipinski definition) is 3. The third kappa shape index (κ3) is 1.46. The van der Waals surface area contributed by atoms with Gasteiger partial charge in [-0.15, -0.1) is 0 Å². The number of fused-ring (bicyclic) bond motifs is 6. The summed E-state index contributed by atoms with van der Waals surface area (Å²) >= 11 is 0. The van der Waals surface area contributed by atoms with Crippen LogP contribution in [0.4, 0.5) is 17.1 Å². The van der Waals surface area contributed by atoms with Crippen LogP contribution in [0.25, 0.3) is 0 Å². The molecule has 2 aromatic carbocycles. The van der Waals surface area contributed by atoms with Crippen molar-refractivity contribution < 1.29 is 0 Å². The molecule has 0 saturated heterocycles.